The van der Waals surface area contributed by atoms with E-state index >= 15 is 0 Å². The Morgan fingerprint density at radius 2 is 1.31 bits per heavy atom. The number of rotatable bonds is 19. The SMILES string of the molecule is C[C@@H](OC(C)(C)C)[C@H](NC(=O)[C@H](Cc1ccccc1)NC(=O)[C@@H](Cc1c[nH]c2ccccc12)NC(=O)[C@@H](N)CO)C(=O)N[C@@H](Cc1ccccc1)C(=O)N1CCC[C@H]1C(=O)O. The number of carboxylic acids is 1. The molecule has 16 heteroatoms. The van der Waals surface area contributed by atoms with E-state index in [0.29, 0.717) is 23.1 Å². The highest BCUT2D eigenvalue weighted by Gasteiger charge is 2.40. The van der Waals surface area contributed by atoms with E-state index in [1.807, 2.05) is 30.3 Å². The second kappa shape index (κ2) is 20.9. The molecule has 16 nitrogen and oxygen atoms in total. The molecule has 5 amide bonds. The summed E-state index contributed by atoms with van der Waals surface area (Å²) in [5, 5.41) is 31.3. The molecule has 1 saturated heterocycles. The molecule has 0 radical (unpaired) electrons. The Morgan fingerprint density at radius 3 is 1.92 bits per heavy atom. The number of aromatic nitrogens is 1. The molecule has 9 N–H and O–H groups in total. The third-order valence-corrected chi connectivity index (χ3v) is 10.5. The number of aliphatic hydroxyl groups excluding tert-OH is 1. The molecule has 61 heavy (non-hydrogen) atoms. The van der Waals surface area contributed by atoms with Crippen LogP contribution in [0.4, 0.5) is 0 Å². The van der Waals surface area contributed by atoms with Gasteiger partial charge in [-0.25, -0.2) is 4.79 Å². The molecule has 3 aromatic carbocycles. The van der Waals surface area contributed by atoms with E-state index in [-0.39, 0.29) is 32.2 Å². The number of likely N-dealkylation sites (tertiary alicyclic amines) is 1. The molecule has 0 bridgehead atoms. The maximum atomic E-state index is 14.5. The van der Waals surface area contributed by atoms with Gasteiger partial charge in [0.1, 0.15) is 36.3 Å². The van der Waals surface area contributed by atoms with Crippen molar-refractivity contribution in [3.8, 4) is 0 Å². The number of benzene rings is 3. The van der Waals surface area contributed by atoms with Crippen LogP contribution in [0.15, 0.2) is 91.1 Å². The largest absolute Gasteiger partial charge is 0.480 e. The van der Waals surface area contributed by atoms with Gasteiger partial charge in [0.05, 0.1) is 18.3 Å². The van der Waals surface area contributed by atoms with Gasteiger partial charge in [-0.05, 0) is 63.3 Å². The van der Waals surface area contributed by atoms with E-state index < -0.39 is 90.1 Å². The topological polar surface area (TPSA) is 245 Å². The number of H-pyrrole nitrogens is 1. The van der Waals surface area contributed by atoms with Crippen molar-refractivity contribution in [3.63, 3.8) is 0 Å². The van der Waals surface area contributed by atoms with Gasteiger partial charge in [0.2, 0.25) is 29.5 Å². The van der Waals surface area contributed by atoms with Gasteiger partial charge in [-0.1, -0.05) is 78.9 Å². The summed E-state index contributed by atoms with van der Waals surface area (Å²) in [4.78, 5) is 86.9. The lowest BCUT2D eigenvalue weighted by molar-refractivity contribution is -0.150. The third kappa shape index (κ3) is 12.7. The summed E-state index contributed by atoms with van der Waals surface area (Å²) in [5.74, 6) is -4.75. The van der Waals surface area contributed by atoms with Gasteiger partial charge in [0.25, 0.3) is 0 Å². The Hall–Kier alpha value is -6.10. The number of hydrogen-bond acceptors (Lipinski definition) is 9. The number of nitrogens with one attached hydrogen (secondary N) is 5. The summed E-state index contributed by atoms with van der Waals surface area (Å²) in [7, 11) is 0. The smallest absolute Gasteiger partial charge is 0.326 e. The standard InChI is InChI=1S/C45H57N7O9/c1-27(61-45(2,3)4)38(42(57)50-36(23-29-16-9-6-10-17-29)43(58)52-21-13-20-37(52)44(59)60)51-41(56)34(22-28-14-7-5-8-15-28)49-40(55)35(48-39(54)32(46)26-53)24-30-25-47-33-19-12-11-18-31(30)33/h5-12,14-19,25,27,32,34-38,47,53H,13,20-24,26,46H2,1-4H3,(H,48,54)(H,49,55)(H,50,57)(H,51,56)(H,59,60)/t27-,32+,34+,35-,36+,37+,38+/m1/s1. The van der Waals surface area contributed by atoms with Crippen LogP contribution in [0, 0.1) is 0 Å². The summed E-state index contributed by atoms with van der Waals surface area (Å²) in [6.45, 7) is 6.49. The van der Waals surface area contributed by atoms with Crippen molar-refractivity contribution in [3.05, 3.63) is 108 Å². The Labute approximate surface area is 355 Å². The molecule has 4 aromatic rings. The minimum absolute atomic E-state index is 0.00250. The predicted octanol–water partition coefficient (Wildman–Crippen LogP) is 1.73. The number of aliphatic carboxylic acids is 1. The minimum Gasteiger partial charge on any atom is -0.480 e. The highest BCUT2D eigenvalue weighted by molar-refractivity contribution is 5.97. The van der Waals surface area contributed by atoms with Crippen LogP contribution in [-0.4, -0.2) is 117 Å². The fraction of sp³-hybridized carbons (Fsp3) is 0.422. The summed E-state index contributed by atoms with van der Waals surface area (Å²) < 4.78 is 6.20. The van der Waals surface area contributed by atoms with Crippen LogP contribution in [0.5, 0.6) is 0 Å². The lowest BCUT2D eigenvalue weighted by Crippen LogP contribution is -2.62. The Morgan fingerprint density at radius 1 is 0.770 bits per heavy atom. The first kappa shape index (κ1) is 46.0. The van der Waals surface area contributed by atoms with E-state index in [2.05, 4.69) is 26.3 Å². The summed E-state index contributed by atoms with van der Waals surface area (Å²) in [5.41, 5.74) is 7.94. The quantitative estimate of drug-likeness (QED) is 0.0680. The van der Waals surface area contributed by atoms with Crippen LogP contribution in [-0.2, 0) is 52.8 Å². The number of aromatic amines is 1. The number of hydrogen-bond donors (Lipinski definition) is 8. The molecule has 0 saturated carbocycles. The van der Waals surface area contributed by atoms with Crippen LogP contribution < -0.4 is 27.0 Å². The zero-order valence-corrected chi connectivity index (χ0v) is 34.9. The number of aliphatic hydroxyl groups is 1. The van der Waals surface area contributed by atoms with Crippen LogP contribution in [0.2, 0.25) is 0 Å². The molecule has 1 fully saturated rings. The van der Waals surface area contributed by atoms with E-state index in [1.165, 1.54) is 4.90 Å². The monoisotopic (exact) mass is 839 g/mol. The minimum atomic E-state index is -1.41. The van der Waals surface area contributed by atoms with Gasteiger partial charge in [-0.2, -0.15) is 0 Å². The number of nitrogens with two attached hydrogens (primary N) is 1. The number of para-hydroxylation sites is 1. The molecule has 1 aromatic heterocycles. The summed E-state index contributed by atoms with van der Waals surface area (Å²) in [6.07, 6.45) is 1.52. The van der Waals surface area contributed by atoms with Crippen molar-refractivity contribution in [1.29, 1.82) is 0 Å². The molecule has 0 aliphatic carbocycles. The van der Waals surface area contributed by atoms with Gasteiger partial charge >= 0.3 is 5.97 Å². The van der Waals surface area contributed by atoms with Gasteiger partial charge < -0.3 is 51.8 Å². The number of fused-ring (bicyclic) bond motifs is 1. The molecule has 1 aliphatic heterocycles. The first-order valence-electron chi connectivity index (χ1n) is 20.5. The molecule has 1 aliphatic rings. The molecule has 2 heterocycles. The lowest BCUT2D eigenvalue weighted by atomic mass is 10.0. The molecular formula is C45H57N7O9. The van der Waals surface area contributed by atoms with Crippen molar-refractivity contribution in [2.45, 2.75) is 108 Å². The van der Waals surface area contributed by atoms with Crippen LogP contribution >= 0.6 is 0 Å². The third-order valence-electron chi connectivity index (χ3n) is 10.5. The molecule has 326 valence electrons. The van der Waals surface area contributed by atoms with Crippen LogP contribution in [0.1, 0.15) is 57.2 Å². The van der Waals surface area contributed by atoms with E-state index in [0.717, 1.165) is 10.9 Å². The molecule has 7 atom stereocenters. The Balaban J connectivity index is 1.45. The Bertz CT molecular complexity index is 2140. The first-order valence-corrected chi connectivity index (χ1v) is 20.5. The number of carbonyl (C=O) groups is 6. The number of carbonyl (C=O) groups excluding carboxylic acids is 5. The van der Waals surface area contributed by atoms with Crippen LogP contribution in [0.3, 0.4) is 0 Å². The molecular weight excluding hydrogens is 783 g/mol. The Kier molecular flexibility index (Phi) is 15.8. The molecule has 5 rings (SSSR count). The average molecular weight is 840 g/mol. The van der Waals surface area contributed by atoms with Gasteiger partial charge in [-0.15, -0.1) is 0 Å². The zero-order chi connectivity index (χ0) is 44.3. The second-order valence-corrected chi connectivity index (χ2v) is 16.4. The molecule has 0 spiro atoms. The van der Waals surface area contributed by atoms with E-state index in [9.17, 15) is 39.0 Å². The normalized spacial score (nSPS) is 17.0. The maximum Gasteiger partial charge on any atom is 0.326 e. The highest BCUT2D eigenvalue weighted by Crippen LogP contribution is 2.22. The van der Waals surface area contributed by atoms with Crippen LogP contribution in [0.25, 0.3) is 10.9 Å². The lowest BCUT2D eigenvalue weighted by Gasteiger charge is -2.33. The van der Waals surface area contributed by atoms with Crippen molar-refractivity contribution in [2.24, 2.45) is 5.73 Å². The van der Waals surface area contributed by atoms with Crippen molar-refractivity contribution >= 4 is 46.4 Å². The number of amides is 5. The zero-order valence-electron chi connectivity index (χ0n) is 34.9. The summed E-state index contributed by atoms with van der Waals surface area (Å²) >= 11 is 0. The predicted molar refractivity (Wildman–Crippen MR) is 228 cm³/mol. The number of nitrogens with zero attached hydrogens (tertiary/aromatic N) is 1. The number of carboxylic acid groups (broad SMARTS) is 1. The maximum absolute atomic E-state index is 14.5. The van der Waals surface area contributed by atoms with Gasteiger partial charge in [-0.3, -0.25) is 24.0 Å². The fourth-order valence-electron chi connectivity index (χ4n) is 7.50. The van der Waals surface area contributed by atoms with Crippen molar-refractivity contribution in [2.75, 3.05) is 13.2 Å². The average Bonchev–Trinajstić information content (AvgIpc) is 3.89. The second-order valence-electron chi connectivity index (χ2n) is 16.4. The van der Waals surface area contributed by atoms with Gasteiger partial charge in [0, 0.05) is 42.9 Å². The first-order chi connectivity index (χ1) is 29.0. The van der Waals surface area contributed by atoms with Gasteiger partial charge in [0.15, 0.2) is 0 Å². The highest BCUT2D eigenvalue weighted by atomic mass is 16.5. The number of ether oxygens (including phenoxy) is 1. The fourth-order valence-corrected chi connectivity index (χ4v) is 7.50. The summed E-state index contributed by atoms with van der Waals surface area (Å²) in [6, 6.07) is 17.8. The van der Waals surface area contributed by atoms with E-state index in [1.54, 1.807) is 88.5 Å². The van der Waals surface area contributed by atoms with Crippen molar-refractivity contribution < 1.29 is 43.7 Å². The van der Waals surface area contributed by atoms with E-state index in [4.69, 9.17) is 10.5 Å². The molecule has 0 unspecified atom stereocenters. The van der Waals surface area contributed by atoms with Crippen molar-refractivity contribution in [1.82, 2.24) is 31.2 Å².